The summed E-state index contributed by atoms with van der Waals surface area (Å²) in [5, 5.41) is 3.03. The van der Waals surface area contributed by atoms with E-state index >= 15 is 0 Å². The number of rotatable bonds is 5. The van der Waals surface area contributed by atoms with Crippen LogP contribution in [0.5, 0.6) is 0 Å². The van der Waals surface area contributed by atoms with Crippen LogP contribution in [0.25, 0.3) is 0 Å². The highest BCUT2D eigenvalue weighted by Crippen LogP contribution is 2.28. The minimum atomic E-state index is -0.332. The molecule has 0 heterocycles. The zero-order chi connectivity index (χ0) is 13.7. The van der Waals surface area contributed by atoms with E-state index in [-0.39, 0.29) is 17.7 Å². The van der Waals surface area contributed by atoms with Crippen molar-refractivity contribution >= 4 is 23.1 Å². The molecule has 18 heavy (non-hydrogen) atoms. The monoisotopic (exact) mass is 270 g/mol. The Hall–Kier alpha value is -0.640. The average Bonchev–Trinajstić information content (AvgIpc) is 2.25. The first-order valence-corrected chi connectivity index (χ1v) is 7.39. The number of carbonyl (C=O) groups excluding carboxylic acids is 1. The number of amides is 1. The summed E-state index contributed by atoms with van der Waals surface area (Å²) in [6, 6.07) is 0. The Balaban J connectivity index is 2.42. The van der Waals surface area contributed by atoms with Gasteiger partial charge >= 0.3 is 0 Å². The molecule has 3 N–H and O–H groups in total. The average molecular weight is 270 g/mol. The van der Waals surface area contributed by atoms with E-state index in [0.29, 0.717) is 10.9 Å². The first kappa shape index (κ1) is 15.4. The Bertz CT molecular complexity index is 304. The third-order valence-electron chi connectivity index (χ3n) is 3.87. The summed E-state index contributed by atoms with van der Waals surface area (Å²) in [7, 11) is 0. The van der Waals surface area contributed by atoms with Crippen molar-refractivity contribution in [3.05, 3.63) is 0 Å². The van der Waals surface area contributed by atoms with Crippen LogP contribution in [0.3, 0.4) is 0 Å². The second kappa shape index (κ2) is 7.07. The van der Waals surface area contributed by atoms with E-state index < -0.39 is 0 Å². The Kier molecular flexibility index (Phi) is 6.06. The molecule has 104 valence electrons. The molecule has 4 heteroatoms. The van der Waals surface area contributed by atoms with Crippen LogP contribution in [-0.2, 0) is 4.79 Å². The van der Waals surface area contributed by atoms with Gasteiger partial charge in [-0.15, -0.1) is 0 Å². The van der Waals surface area contributed by atoms with Gasteiger partial charge in [0.1, 0.15) is 0 Å². The molecular formula is C14H26N2OS. The summed E-state index contributed by atoms with van der Waals surface area (Å²) < 4.78 is 0. The lowest BCUT2D eigenvalue weighted by atomic mass is 9.82. The molecule has 0 aliphatic heterocycles. The van der Waals surface area contributed by atoms with E-state index in [1.807, 2.05) is 13.8 Å². The van der Waals surface area contributed by atoms with Gasteiger partial charge in [0.2, 0.25) is 5.91 Å². The molecule has 0 bridgehead atoms. The lowest BCUT2D eigenvalue weighted by Gasteiger charge is -2.28. The first-order chi connectivity index (χ1) is 8.41. The molecule has 1 saturated carbocycles. The normalized spacial score (nSPS) is 25.8. The van der Waals surface area contributed by atoms with Gasteiger partial charge in [-0.2, -0.15) is 0 Å². The zero-order valence-electron chi connectivity index (χ0n) is 11.7. The van der Waals surface area contributed by atoms with Crippen molar-refractivity contribution in [2.75, 3.05) is 6.54 Å². The zero-order valence-corrected chi connectivity index (χ0v) is 12.6. The fourth-order valence-electron chi connectivity index (χ4n) is 2.86. The molecule has 1 fully saturated rings. The quantitative estimate of drug-likeness (QED) is 0.755. The lowest BCUT2D eigenvalue weighted by Crippen LogP contribution is -2.42. The molecule has 3 nitrogen and oxygen atoms in total. The number of hydrogen-bond acceptors (Lipinski definition) is 2. The molecule has 3 atom stereocenters. The van der Waals surface area contributed by atoms with Gasteiger partial charge in [-0.1, -0.05) is 45.8 Å². The molecule has 0 saturated heterocycles. The first-order valence-electron chi connectivity index (χ1n) is 6.98. The van der Waals surface area contributed by atoms with Gasteiger partial charge in [-0.25, -0.2) is 0 Å². The van der Waals surface area contributed by atoms with Crippen LogP contribution in [0.15, 0.2) is 0 Å². The fourth-order valence-corrected chi connectivity index (χ4v) is 3.24. The second-order valence-electron chi connectivity index (χ2n) is 6.01. The Labute approximate surface area is 116 Å². The maximum Gasteiger partial charge on any atom is 0.230 e. The van der Waals surface area contributed by atoms with Crippen LogP contribution < -0.4 is 11.1 Å². The van der Waals surface area contributed by atoms with E-state index in [0.717, 1.165) is 12.5 Å². The number of nitrogens with two attached hydrogens (primary N) is 1. The summed E-state index contributed by atoms with van der Waals surface area (Å²) in [6.07, 6.45) is 5.06. The molecule has 1 amide bonds. The minimum absolute atomic E-state index is 0.00396. The molecule has 0 spiro atoms. The van der Waals surface area contributed by atoms with Gasteiger partial charge in [-0.3, -0.25) is 4.79 Å². The maximum absolute atomic E-state index is 12.1. The van der Waals surface area contributed by atoms with E-state index in [4.69, 9.17) is 18.0 Å². The van der Waals surface area contributed by atoms with Crippen molar-refractivity contribution in [1.82, 2.24) is 5.32 Å². The number of hydrogen-bond donors (Lipinski definition) is 2. The van der Waals surface area contributed by atoms with Crippen molar-refractivity contribution in [3.8, 4) is 0 Å². The lowest BCUT2D eigenvalue weighted by molar-refractivity contribution is -0.124. The smallest absolute Gasteiger partial charge is 0.230 e. The van der Waals surface area contributed by atoms with Crippen LogP contribution in [-0.4, -0.2) is 17.4 Å². The molecule has 0 radical (unpaired) electrons. The van der Waals surface area contributed by atoms with Crippen molar-refractivity contribution in [1.29, 1.82) is 0 Å². The van der Waals surface area contributed by atoms with E-state index in [2.05, 4.69) is 12.2 Å². The Morgan fingerprint density at radius 3 is 2.61 bits per heavy atom. The Morgan fingerprint density at radius 2 is 2.11 bits per heavy atom. The van der Waals surface area contributed by atoms with E-state index in [1.165, 1.54) is 25.7 Å². The van der Waals surface area contributed by atoms with Crippen LogP contribution >= 0.6 is 12.2 Å². The van der Waals surface area contributed by atoms with Gasteiger partial charge in [-0.05, 0) is 30.6 Å². The van der Waals surface area contributed by atoms with E-state index in [1.54, 1.807) is 0 Å². The highest BCUT2D eigenvalue weighted by Gasteiger charge is 2.26. The van der Waals surface area contributed by atoms with Crippen LogP contribution in [0, 0.1) is 23.7 Å². The van der Waals surface area contributed by atoms with Gasteiger partial charge in [0, 0.05) is 6.54 Å². The third-order valence-corrected chi connectivity index (χ3v) is 4.12. The van der Waals surface area contributed by atoms with Crippen molar-refractivity contribution < 1.29 is 4.79 Å². The summed E-state index contributed by atoms with van der Waals surface area (Å²) in [6.45, 7) is 7.02. The van der Waals surface area contributed by atoms with Gasteiger partial charge < -0.3 is 11.1 Å². The second-order valence-corrected chi connectivity index (χ2v) is 6.48. The molecule has 0 aromatic carbocycles. The van der Waals surface area contributed by atoms with Crippen LogP contribution in [0.4, 0.5) is 0 Å². The third kappa shape index (κ3) is 4.56. The van der Waals surface area contributed by atoms with Gasteiger partial charge in [0.25, 0.3) is 0 Å². The summed E-state index contributed by atoms with van der Waals surface area (Å²) in [4.78, 5) is 12.4. The Morgan fingerprint density at radius 1 is 1.44 bits per heavy atom. The SMILES string of the molecule is CC1CCCC(CNC(=O)C(C(N)=S)C(C)C)C1. The predicted octanol–water partition coefficient (Wildman–Crippen LogP) is 2.49. The van der Waals surface area contributed by atoms with Crippen LogP contribution in [0.2, 0.25) is 0 Å². The minimum Gasteiger partial charge on any atom is -0.393 e. The van der Waals surface area contributed by atoms with Crippen molar-refractivity contribution in [2.24, 2.45) is 29.4 Å². The molecule has 0 aromatic heterocycles. The van der Waals surface area contributed by atoms with Crippen molar-refractivity contribution in [2.45, 2.75) is 46.5 Å². The molecular weight excluding hydrogens is 244 g/mol. The van der Waals surface area contributed by atoms with E-state index in [9.17, 15) is 4.79 Å². The highest BCUT2D eigenvalue weighted by atomic mass is 32.1. The van der Waals surface area contributed by atoms with Crippen LogP contribution in [0.1, 0.15) is 46.5 Å². The molecule has 0 aromatic rings. The summed E-state index contributed by atoms with van der Waals surface area (Å²) in [5.74, 6) is 1.23. The molecule has 3 unspecified atom stereocenters. The summed E-state index contributed by atoms with van der Waals surface area (Å²) in [5.41, 5.74) is 5.64. The number of thiocarbonyl (C=S) groups is 1. The molecule has 1 aliphatic carbocycles. The molecule has 1 aliphatic rings. The fraction of sp³-hybridized carbons (Fsp3) is 0.857. The summed E-state index contributed by atoms with van der Waals surface area (Å²) >= 11 is 4.98. The standard InChI is InChI=1S/C14H26N2OS/c1-9(2)12(13(15)18)14(17)16-8-11-6-4-5-10(3)7-11/h9-12H,4-8H2,1-3H3,(H2,15,18)(H,16,17). The van der Waals surface area contributed by atoms with Crippen molar-refractivity contribution in [3.63, 3.8) is 0 Å². The van der Waals surface area contributed by atoms with Gasteiger partial charge in [0.05, 0.1) is 10.9 Å². The topological polar surface area (TPSA) is 55.1 Å². The number of nitrogens with one attached hydrogen (secondary N) is 1. The highest BCUT2D eigenvalue weighted by molar-refractivity contribution is 7.80. The predicted molar refractivity (Wildman–Crippen MR) is 79.2 cm³/mol. The number of carbonyl (C=O) groups is 1. The maximum atomic E-state index is 12.1. The largest absolute Gasteiger partial charge is 0.393 e. The molecule has 1 rings (SSSR count). The van der Waals surface area contributed by atoms with Gasteiger partial charge in [0.15, 0.2) is 0 Å².